The molecule has 0 radical (unpaired) electrons. The lowest BCUT2D eigenvalue weighted by Crippen LogP contribution is -2.22. The summed E-state index contributed by atoms with van der Waals surface area (Å²) in [4.78, 5) is 25.2. The van der Waals surface area contributed by atoms with Crippen molar-refractivity contribution in [2.24, 2.45) is 0 Å². The molecule has 0 spiro atoms. The third-order valence-electron chi connectivity index (χ3n) is 2.95. The summed E-state index contributed by atoms with van der Waals surface area (Å²) in [6.45, 7) is 5.82. The molecule has 22 heavy (non-hydrogen) atoms. The zero-order valence-corrected chi connectivity index (χ0v) is 13.4. The number of carbonyl (C=O) groups is 1. The predicted octanol–water partition coefficient (Wildman–Crippen LogP) is 2.85. The van der Waals surface area contributed by atoms with Crippen molar-refractivity contribution in [2.75, 3.05) is 6.61 Å². The molecule has 2 heterocycles. The lowest BCUT2D eigenvalue weighted by atomic mass is 10.1. The molecule has 0 aliphatic rings. The minimum absolute atomic E-state index is 0.0227. The number of pyridine rings is 2. The van der Waals surface area contributed by atoms with Crippen LogP contribution in [-0.4, -0.2) is 22.2 Å². The normalized spacial score (nSPS) is 10.7. The average Bonchev–Trinajstić information content (AvgIpc) is 2.47. The molecule has 2 aromatic heterocycles. The van der Waals surface area contributed by atoms with Crippen LogP contribution in [0.3, 0.4) is 0 Å². The topological polar surface area (TPSA) is 71.6 Å². The van der Waals surface area contributed by atoms with E-state index >= 15 is 0 Å². The molecule has 114 valence electrons. The molecule has 0 atom stereocenters. The van der Waals surface area contributed by atoms with Gasteiger partial charge in [0.25, 0.3) is 5.56 Å². The number of hydrogen-bond donors (Lipinski definition) is 0. The summed E-state index contributed by atoms with van der Waals surface area (Å²) < 4.78 is 6.44. The van der Waals surface area contributed by atoms with E-state index in [1.54, 1.807) is 31.3 Å². The molecule has 2 aromatic rings. The van der Waals surface area contributed by atoms with Gasteiger partial charge in [-0.25, -0.2) is 4.79 Å². The second-order valence-electron chi connectivity index (χ2n) is 4.84. The molecule has 0 aliphatic heterocycles. The van der Waals surface area contributed by atoms with E-state index in [4.69, 9.17) is 4.74 Å². The maximum atomic E-state index is 12.5. The van der Waals surface area contributed by atoms with Gasteiger partial charge in [0.1, 0.15) is 11.6 Å². The number of esters is 1. The fourth-order valence-electron chi connectivity index (χ4n) is 2.14. The molecule has 0 amide bonds. The van der Waals surface area contributed by atoms with Crippen molar-refractivity contribution in [3.05, 3.63) is 45.9 Å². The number of nitrogens with zero attached hydrogens (tertiary/aromatic N) is 2. The van der Waals surface area contributed by atoms with Crippen LogP contribution in [0.2, 0.25) is 0 Å². The van der Waals surface area contributed by atoms with Crippen LogP contribution in [0.25, 0.3) is 5.52 Å². The summed E-state index contributed by atoms with van der Waals surface area (Å²) in [7, 11) is 0. The van der Waals surface area contributed by atoms with Gasteiger partial charge >= 0.3 is 5.97 Å². The van der Waals surface area contributed by atoms with Crippen molar-refractivity contribution in [3.8, 4) is 6.07 Å². The number of thioether (sulfide) groups is 1. The Bertz CT molecular complexity index is 818. The van der Waals surface area contributed by atoms with Gasteiger partial charge < -0.3 is 4.74 Å². The highest BCUT2D eigenvalue weighted by molar-refractivity contribution is 8.00. The zero-order valence-electron chi connectivity index (χ0n) is 12.6. The Kier molecular flexibility index (Phi) is 4.88. The van der Waals surface area contributed by atoms with Crippen LogP contribution in [0.15, 0.2) is 34.1 Å². The van der Waals surface area contributed by atoms with Crippen LogP contribution in [0.4, 0.5) is 0 Å². The molecule has 0 aromatic carbocycles. The molecule has 0 fully saturated rings. The third kappa shape index (κ3) is 2.85. The van der Waals surface area contributed by atoms with Crippen LogP contribution in [-0.2, 0) is 4.74 Å². The standard InChI is InChI=1S/C16H16N2O3S/c1-4-21-16(20)13-12-7-5-6-8-18(12)15(19)11(9-17)14(13)22-10(2)3/h5-8,10H,4H2,1-3H3. The van der Waals surface area contributed by atoms with Crippen molar-refractivity contribution in [2.45, 2.75) is 30.9 Å². The first kappa shape index (κ1) is 16.1. The van der Waals surface area contributed by atoms with Crippen molar-refractivity contribution in [1.82, 2.24) is 4.40 Å². The fourth-order valence-corrected chi connectivity index (χ4v) is 3.16. The maximum Gasteiger partial charge on any atom is 0.341 e. The Morgan fingerprint density at radius 2 is 2.18 bits per heavy atom. The molecule has 6 heteroatoms. The summed E-state index contributed by atoms with van der Waals surface area (Å²) in [6, 6.07) is 7.04. The van der Waals surface area contributed by atoms with E-state index in [9.17, 15) is 14.9 Å². The summed E-state index contributed by atoms with van der Waals surface area (Å²) in [5.74, 6) is -0.522. The largest absolute Gasteiger partial charge is 0.462 e. The zero-order chi connectivity index (χ0) is 16.3. The highest BCUT2D eigenvalue weighted by atomic mass is 32.2. The minimum Gasteiger partial charge on any atom is -0.462 e. The SMILES string of the molecule is CCOC(=O)c1c(SC(C)C)c(C#N)c(=O)n2ccccc12. The van der Waals surface area contributed by atoms with Crippen LogP contribution in [0, 0.1) is 11.3 Å². The smallest absolute Gasteiger partial charge is 0.341 e. The maximum absolute atomic E-state index is 12.5. The van der Waals surface area contributed by atoms with Gasteiger partial charge in [-0.3, -0.25) is 9.20 Å². The van der Waals surface area contributed by atoms with E-state index in [-0.39, 0.29) is 23.0 Å². The second kappa shape index (κ2) is 6.67. The monoisotopic (exact) mass is 316 g/mol. The van der Waals surface area contributed by atoms with Crippen LogP contribution in [0.5, 0.6) is 0 Å². The van der Waals surface area contributed by atoms with Crippen molar-refractivity contribution in [3.63, 3.8) is 0 Å². The molecule has 0 aliphatic carbocycles. The van der Waals surface area contributed by atoms with E-state index in [0.717, 1.165) is 0 Å². The quantitative estimate of drug-likeness (QED) is 0.640. The van der Waals surface area contributed by atoms with Crippen molar-refractivity contribution in [1.29, 1.82) is 5.26 Å². The molecule has 5 nitrogen and oxygen atoms in total. The van der Waals surface area contributed by atoms with E-state index in [1.165, 1.54) is 16.2 Å². The molecule has 0 saturated carbocycles. The van der Waals surface area contributed by atoms with Gasteiger partial charge in [-0.05, 0) is 19.1 Å². The molecule has 2 rings (SSSR count). The molecule has 0 N–H and O–H groups in total. The summed E-state index contributed by atoms with van der Waals surface area (Å²) in [6.07, 6.45) is 1.55. The number of ether oxygens (including phenoxy) is 1. The first-order valence-electron chi connectivity index (χ1n) is 6.92. The molecule has 0 bridgehead atoms. The first-order valence-corrected chi connectivity index (χ1v) is 7.80. The van der Waals surface area contributed by atoms with Gasteiger partial charge in [0.05, 0.1) is 17.7 Å². The van der Waals surface area contributed by atoms with Crippen molar-refractivity contribution < 1.29 is 9.53 Å². The number of fused-ring (bicyclic) bond motifs is 1. The highest BCUT2D eigenvalue weighted by Crippen LogP contribution is 2.31. The number of nitriles is 1. The number of aromatic nitrogens is 1. The van der Waals surface area contributed by atoms with E-state index in [1.807, 2.05) is 19.9 Å². The van der Waals surface area contributed by atoms with Gasteiger partial charge in [0.15, 0.2) is 0 Å². The number of hydrogen-bond acceptors (Lipinski definition) is 5. The van der Waals surface area contributed by atoms with Crippen molar-refractivity contribution >= 4 is 23.2 Å². The highest BCUT2D eigenvalue weighted by Gasteiger charge is 2.24. The lowest BCUT2D eigenvalue weighted by molar-refractivity contribution is 0.0524. The fraction of sp³-hybridized carbons (Fsp3) is 0.312. The summed E-state index contributed by atoms with van der Waals surface area (Å²) in [5.41, 5.74) is 0.283. The van der Waals surface area contributed by atoms with E-state index < -0.39 is 11.5 Å². The van der Waals surface area contributed by atoms with Gasteiger partial charge in [-0.1, -0.05) is 19.9 Å². The van der Waals surface area contributed by atoms with Gasteiger partial charge in [-0.15, -0.1) is 11.8 Å². The first-order chi connectivity index (χ1) is 10.5. The summed E-state index contributed by atoms with van der Waals surface area (Å²) in [5, 5.41) is 9.50. The molecule has 0 unspecified atom stereocenters. The van der Waals surface area contributed by atoms with Gasteiger partial charge in [0, 0.05) is 16.3 Å². The minimum atomic E-state index is -0.522. The summed E-state index contributed by atoms with van der Waals surface area (Å²) >= 11 is 1.32. The number of rotatable bonds is 4. The van der Waals surface area contributed by atoms with E-state index in [0.29, 0.717) is 10.4 Å². The average molecular weight is 316 g/mol. The Balaban J connectivity index is 2.93. The van der Waals surface area contributed by atoms with E-state index in [2.05, 4.69) is 0 Å². The Labute approximate surface area is 132 Å². The Hall–Kier alpha value is -2.26. The molecule has 0 saturated heterocycles. The Morgan fingerprint density at radius 1 is 1.45 bits per heavy atom. The molecular weight excluding hydrogens is 300 g/mol. The van der Waals surface area contributed by atoms with Crippen LogP contribution >= 0.6 is 11.8 Å². The second-order valence-corrected chi connectivity index (χ2v) is 6.43. The predicted molar refractivity (Wildman–Crippen MR) is 85.3 cm³/mol. The number of carbonyl (C=O) groups excluding carboxylic acids is 1. The lowest BCUT2D eigenvalue weighted by Gasteiger charge is -2.15. The van der Waals surface area contributed by atoms with Gasteiger partial charge in [0.2, 0.25) is 0 Å². The van der Waals surface area contributed by atoms with Crippen LogP contribution in [0.1, 0.15) is 36.7 Å². The Morgan fingerprint density at radius 3 is 2.77 bits per heavy atom. The molecular formula is C16H16N2O3S. The van der Waals surface area contributed by atoms with Crippen LogP contribution < -0.4 is 5.56 Å². The third-order valence-corrected chi connectivity index (χ3v) is 4.06. The van der Waals surface area contributed by atoms with Gasteiger partial charge in [-0.2, -0.15) is 5.26 Å².